The fraction of sp³-hybridized carbons (Fsp3) is 0.429. The summed E-state index contributed by atoms with van der Waals surface area (Å²) in [4.78, 5) is 4.27. The molecule has 0 amide bonds. The SMILES string of the molecule is CCc1nn(CC)c(CC(O)c2ncc(Br)cc2Br)c1Cl. The number of pyridine rings is 1. The van der Waals surface area contributed by atoms with Crippen LogP contribution in [0.1, 0.15) is 37.0 Å². The van der Waals surface area contributed by atoms with Crippen LogP contribution in [0.5, 0.6) is 0 Å². The predicted molar refractivity (Wildman–Crippen MR) is 90.6 cm³/mol. The molecule has 0 saturated heterocycles. The summed E-state index contributed by atoms with van der Waals surface area (Å²) in [6.07, 6.45) is 2.08. The highest BCUT2D eigenvalue weighted by Crippen LogP contribution is 2.30. The van der Waals surface area contributed by atoms with Gasteiger partial charge in [0.1, 0.15) is 6.10 Å². The summed E-state index contributed by atoms with van der Waals surface area (Å²) in [7, 11) is 0. The van der Waals surface area contributed by atoms with Crippen molar-refractivity contribution in [2.45, 2.75) is 39.3 Å². The largest absolute Gasteiger partial charge is 0.386 e. The molecule has 0 radical (unpaired) electrons. The lowest BCUT2D eigenvalue weighted by molar-refractivity contribution is 0.170. The molecular formula is C14H16Br2ClN3O. The van der Waals surface area contributed by atoms with Gasteiger partial charge >= 0.3 is 0 Å². The molecule has 0 bridgehead atoms. The molecule has 0 aliphatic carbocycles. The van der Waals surface area contributed by atoms with Crippen LogP contribution in [0, 0.1) is 0 Å². The van der Waals surface area contributed by atoms with Crippen molar-refractivity contribution in [3.8, 4) is 0 Å². The van der Waals surface area contributed by atoms with Crippen LogP contribution in [0.4, 0.5) is 0 Å². The molecule has 7 heteroatoms. The Morgan fingerprint density at radius 3 is 2.67 bits per heavy atom. The normalized spacial score (nSPS) is 12.7. The molecule has 2 aromatic heterocycles. The second kappa shape index (κ2) is 7.22. The lowest BCUT2D eigenvalue weighted by atomic mass is 10.1. The molecule has 1 N–H and O–H groups in total. The minimum atomic E-state index is -0.739. The van der Waals surface area contributed by atoms with Crippen LogP contribution in [0.3, 0.4) is 0 Å². The lowest BCUT2D eigenvalue weighted by Crippen LogP contribution is -2.10. The quantitative estimate of drug-likeness (QED) is 0.758. The third-order valence-corrected chi connectivity index (χ3v) is 4.74. The van der Waals surface area contributed by atoms with E-state index in [0.717, 1.165) is 33.3 Å². The molecule has 0 aromatic carbocycles. The van der Waals surface area contributed by atoms with Crippen LogP contribution in [-0.4, -0.2) is 19.9 Å². The van der Waals surface area contributed by atoms with Crippen LogP contribution >= 0.6 is 43.5 Å². The van der Waals surface area contributed by atoms with E-state index in [0.29, 0.717) is 17.1 Å². The summed E-state index contributed by atoms with van der Waals surface area (Å²) in [5.41, 5.74) is 2.31. The molecule has 114 valence electrons. The van der Waals surface area contributed by atoms with Gasteiger partial charge in [-0.1, -0.05) is 18.5 Å². The summed E-state index contributed by atoms with van der Waals surface area (Å²) in [6.45, 7) is 4.74. The van der Waals surface area contributed by atoms with Gasteiger partial charge in [-0.25, -0.2) is 0 Å². The Labute approximate surface area is 145 Å². The van der Waals surface area contributed by atoms with Crippen molar-refractivity contribution in [1.29, 1.82) is 0 Å². The Hall–Kier alpha value is -0.430. The van der Waals surface area contributed by atoms with E-state index in [2.05, 4.69) is 41.9 Å². The average Bonchev–Trinajstić information content (AvgIpc) is 2.75. The van der Waals surface area contributed by atoms with Crippen molar-refractivity contribution in [3.63, 3.8) is 0 Å². The number of rotatable bonds is 5. The van der Waals surface area contributed by atoms with Crippen molar-refractivity contribution in [2.75, 3.05) is 0 Å². The Morgan fingerprint density at radius 2 is 2.10 bits per heavy atom. The van der Waals surface area contributed by atoms with Gasteiger partial charge in [0.25, 0.3) is 0 Å². The third-order valence-electron chi connectivity index (χ3n) is 3.23. The summed E-state index contributed by atoms with van der Waals surface area (Å²) >= 11 is 13.1. The van der Waals surface area contributed by atoms with Gasteiger partial charge in [0.15, 0.2) is 0 Å². The highest BCUT2D eigenvalue weighted by atomic mass is 79.9. The zero-order valence-electron chi connectivity index (χ0n) is 11.8. The van der Waals surface area contributed by atoms with E-state index < -0.39 is 6.10 Å². The molecule has 0 aliphatic heterocycles. The summed E-state index contributed by atoms with van der Waals surface area (Å²) in [6, 6.07) is 1.86. The van der Waals surface area contributed by atoms with Crippen molar-refractivity contribution < 1.29 is 5.11 Å². The number of halogens is 3. The van der Waals surface area contributed by atoms with Crippen LogP contribution in [0.2, 0.25) is 5.02 Å². The van der Waals surface area contributed by atoms with Gasteiger partial charge in [-0.3, -0.25) is 9.67 Å². The minimum Gasteiger partial charge on any atom is -0.386 e. The van der Waals surface area contributed by atoms with E-state index in [1.54, 1.807) is 6.20 Å². The monoisotopic (exact) mass is 435 g/mol. The van der Waals surface area contributed by atoms with E-state index in [9.17, 15) is 5.11 Å². The fourth-order valence-corrected chi connectivity index (χ4v) is 3.76. The Balaban J connectivity index is 2.31. The maximum atomic E-state index is 10.5. The molecule has 1 unspecified atom stereocenters. The first-order chi connectivity index (χ1) is 9.97. The number of aliphatic hydroxyl groups is 1. The highest BCUT2D eigenvalue weighted by Gasteiger charge is 2.21. The molecule has 2 heterocycles. The summed E-state index contributed by atoms with van der Waals surface area (Å²) in [5, 5.41) is 15.6. The van der Waals surface area contributed by atoms with E-state index >= 15 is 0 Å². The first-order valence-corrected chi connectivity index (χ1v) is 8.67. The summed E-state index contributed by atoms with van der Waals surface area (Å²) < 4.78 is 3.46. The molecule has 2 aromatic rings. The third kappa shape index (κ3) is 3.67. The van der Waals surface area contributed by atoms with E-state index in [4.69, 9.17) is 11.6 Å². The van der Waals surface area contributed by atoms with Crippen LogP contribution < -0.4 is 0 Å². The van der Waals surface area contributed by atoms with Crippen molar-refractivity contribution >= 4 is 43.5 Å². The smallest absolute Gasteiger partial charge is 0.103 e. The van der Waals surface area contributed by atoms with E-state index in [-0.39, 0.29) is 0 Å². The topological polar surface area (TPSA) is 50.9 Å². The predicted octanol–water partition coefficient (Wildman–Crippen LogP) is 4.31. The number of aryl methyl sites for hydroxylation is 2. The van der Waals surface area contributed by atoms with Crippen LogP contribution in [-0.2, 0) is 19.4 Å². The van der Waals surface area contributed by atoms with Gasteiger partial charge < -0.3 is 5.11 Å². The van der Waals surface area contributed by atoms with Crippen LogP contribution in [0.25, 0.3) is 0 Å². The number of hydrogen-bond acceptors (Lipinski definition) is 3. The molecule has 4 nitrogen and oxygen atoms in total. The van der Waals surface area contributed by atoms with Gasteiger partial charge in [-0.2, -0.15) is 5.10 Å². The number of aromatic nitrogens is 3. The molecule has 2 rings (SSSR count). The number of nitrogens with zero attached hydrogens (tertiary/aromatic N) is 3. The minimum absolute atomic E-state index is 0.382. The van der Waals surface area contributed by atoms with Gasteiger partial charge in [0.05, 0.1) is 22.1 Å². The maximum absolute atomic E-state index is 10.5. The Kier molecular flexibility index (Phi) is 5.82. The first-order valence-electron chi connectivity index (χ1n) is 6.70. The lowest BCUT2D eigenvalue weighted by Gasteiger charge is -2.13. The van der Waals surface area contributed by atoms with Crippen molar-refractivity contribution in [2.24, 2.45) is 0 Å². The van der Waals surface area contributed by atoms with Gasteiger partial charge in [-0.05, 0) is 51.3 Å². The van der Waals surface area contributed by atoms with Gasteiger partial charge in [0.2, 0.25) is 0 Å². The molecule has 0 fully saturated rings. The second-order valence-corrected chi connectivity index (χ2v) is 6.77. The Morgan fingerprint density at radius 1 is 1.38 bits per heavy atom. The van der Waals surface area contributed by atoms with E-state index in [1.165, 1.54) is 0 Å². The molecule has 1 atom stereocenters. The zero-order chi connectivity index (χ0) is 15.6. The number of hydrogen-bond donors (Lipinski definition) is 1. The van der Waals surface area contributed by atoms with Gasteiger partial charge in [0, 0.05) is 28.1 Å². The molecule has 21 heavy (non-hydrogen) atoms. The van der Waals surface area contributed by atoms with Gasteiger partial charge in [-0.15, -0.1) is 0 Å². The molecule has 0 aliphatic rings. The molecular weight excluding hydrogens is 421 g/mol. The first kappa shape index (κ1) is 16.9. The number of aliphatic hydroxyl groups excluding tert-OH is 1. The summed E-state index contributed by atoms with van der Waals surface area (Å²) in [5.74, 6) is 0. The highest BCUT2D eigenvalue weighted by molar-refractivity contribution is 9.11. The standard InChI is InChI=1S/C14H16Br2ClN3O/c1-3-10-13(17)11(20(4-2)19-10)6-12(21)14-9(16)5-8(15)7-18-14/h5,7,12,21H,3-4,6H2,1-2H3. The average molecular weight is 438 g/mol. The fourth-order valence-electron chi connectivity index (χ4n) is 2.16. The Bertz CT molecular complexity index is 645. The van der Waals surface area contributed by atoms with Crippen molar-refractivity contribution in [1.82, 2.24) is 14.8 Å². The maximum Gasteiger partial charge on any atom is 0.103 e. The molecule has 0 saturated carbocycles. The zero-order valence-corrected chi connectivity index (χ0v) is 15.7. The van der Waals surface area contributed by atoms with E-state index in [1.807, 2.05) is 24.6 Å². The van der Waals surface area contributed by atoms with Crippen molar-refractivity contribution in [3.05, 3.63) is 43.3 Å². The molecule has 0 spiro atoms. The second-order valence-electron chi connectivity index (χ2n) is 4.62. The van der Waals surface area contributed by atoms with Crippen LogP contribution in [0.15, 0.2) is 21.2 Å².